The lowest BCUT2D eigenvalue weighted by molar-refractivity contribution is -0.135. The predicted octanol–water partition coefficient (Wildman–Crippen LogP) is 7.38. The van der Waals surface area contributed by atoms with Gasteiger partial charge in [-0.1, -0.05) is 72.8 Å². The molecule has 8 rings (SSSR count). The average molecular weight is 705 g/mol. The molecular weight excluding hydrogens is 655 g/mol. The van der Waals surface area contributed by atoms with E-state index < -0.39 is 0 Å². The minimum atomic E-state index is -0.246. The van der Waals surface area contributed by atoms with Gasteiger partial charge in [-0.05, 0) is 134 Å². The maximum atomic E-state index is 13.4. The maximum absolute atomic E-state index is 13.4. The van der Waals surface area contributed by atoms with Gasteiger partial charge in [0.05, 0.1) is 12.1 Å². The van der Waals surface area contributed by atoms with E-state index in [-0.39, 0.29) is 35.5 Å². The molecule has 0 aromatic heterocycles. The van der Waals surface area contributed by atoms with E-state index >= 15 is 0 Å². The Balaban J connectivity index is 0.000000162. The highest BCUT2D eigenvalue weighted by Gasteiger charge is 2.34. The van der Waals surface area contributed by atoms with Crippen LogP contribution in [0.5, 0.6) is 0 Å². The second-order valence-electron chi connectivity index (χ2n) is 14.8. The molecular formula is C44H50F2N4O2. The summed E-state index contributed by atoms with van der Waals surface area (Å²) >= 11 is 0. The molecule has 2 saturated heterocycles. The van der Waals surface area contributed by atoms with Crippen LogP contribution in [0.2, 0.25) is 0 Å². The molecule has 272 valence electrons. The lowest BCUT2D eigenvalue weighted by Crippen LogP contribution is -2.42. The van der Waals surface area contributed by atoms with Crippen LogP contribution in [0, 0.1) is 23.5 Å². The SMILES string of the molecule is O=C(C[C@@H]1CCCNC1)N1CCc2ccccc2[C@@H]1c1ccc(F)cc1.O=C(C[C@H]1CCCNC1)N1CCc2ccccc2[C@@H]1c1ccc(F)cc1. The summed E-state index contributed by atoms with van der Waals surface area (Å²) in [7, 11) is 0. The van der Waals surface area contributed by atoms with Crippen molar-refractivity contribution < 1.29 is 18.4 Å². The molecule has 2 N–H and O–H groups in total. The van der Waals surface area contributed by atoms with Crippen molar-refractivity contribution in [3.05, 3.63) is 142 Å². The van der Waals surface area contributed by atoms with Crippen molar-refractivity contribution in [1.82, 2.24) is 20.4 Å². The highest BCUT2D eigenvalue weighted by atomic mass is 19.1. The van der Waals surface area contributed by atoms with E-state index in [2.05, 4.69) is 34.9 Å². The molecule has 4 aliphatic rings. The number of nitrogens with zero attached hydrogens (tertiary/aromatic N) is 2. The standard InChI is InChI=1S/2C22H25FN2O/c2*23-19-9-7-18(8-10-19)22-20-6-2-1-5-17(20)11-13-25(22)21(26)14-16-4-3-12-24-15-16/h2*1-2,5-10,16,22,24H,3-4,11-15H2/t16-,22+;16-,22-/m10/s1. The highest BCUT2D eigenvalue weighted by Crippen LogP contribution is 2.38. The molecule has 0 bridgehead atoms. The van der Waals surface area contributed by atoms with Crippen molar-refractivity contribution in [3.8, 4) is 0 Å². The normalized spacial score (nSPS) is 22.7. The molecule has 0 aliphatic carbocycles. The average Bonchev–Trinajstić information content (AvgIpc) is 3.19. The minimum Gasteiger partial charge on any atom is -0.331 e. The molecule has 4 atom stereocenters. The molecule has 2 fully saturated rings. The first-order chi connectivity index (χ1) is 25.4. The van der Waals surface area contributed by atoms with Gasteiger partial charge < -0.3 is 20.4 Å². The predicted molar refractivity (Wildman–Crippen MR) is 201 cm³/mol. The number of carbonyl (C=O) groups excluding carboxylic acids is 2. The Morgan fingerprint density at radius 3 is 1.37 bits per heavy atom. The zero-order chi connectivity index (χ0) is 35.9. The summed E-state index contributed by atoms with van der Waals surface area (Å²) in [6.45, 7) is 5.41. The third-order valence-electron chi connectivity index (χ3n) is 11.3. The summed E-state index contributed by atoms with van der Waals surface area (Å²) in [6.07, 6.45) is 7.45. The van der Waals surface area contributed by atoms with E-state index in [1.807, 2.05) is 58.3 Å². The van der Waals surface area contributed by atoms with Crippen LogP contribution in [0.15, 0.2) is 97.1 Å². The van der Waals surface area contributed by atoms with Gasteiger partial charge in [-0.25, -0.2) is 8.78 Å². The largest absolute Gasteiger partial charge is 0.331 e. The van der Waals surface area contributed by atoms with Crippen molar-refractivity contribution >= 4 is 11.8 Å². The van der Waals surface area contributed by atoms with Gasteiger partial charge in [0, 0.05) is 25.9 Å². The number of carbonyl (C=O) groups is 2. The summed E-state index contributed by atoms with van der Waals surface area (Å²) in [5.74, 6) is 0.766. The quantitative estimate of drug-likeness (QED) is 0.220. The number of hydrogen-bond donors (Lipinski definition) is 2. The molecule has 0 spiro atoms. The summed E-state index contributed by atoms with van der Waals surface area (Å²) in [5, 5.41) is 6.79. The Morgan fingerprint density at radius 2 is 0.981 bits per heavy atom. The second-order valence-corrected chi connectivity index (χ2v) is 14.8. The van der Waals surface area contributed by atoms with Gasteiger partial charge in [-0.15, -0.1) is 0 Å². The fourth-order valence-electron chi connectivity index (χ4n) is 8.60. The summed E-state index contributed by atoms with van der Waals surface area (Å²) < 4.78 is 26.9. The number of rotatable bonds is 6. The molecule has 6 nitrogen and oxygen atoms in total. The van der Waals surface area contributed by atoms with Crippen LogP contribution >= 0.6 is 0 Å². The van der Waals surface area contributed by atoms with Crippen LogP contribution in [0.3, 0.4) is 0 Å². The van der Waals surface area contributed by atoms with Crippen molar-refractivity contribution in [3.63, 3.8) is 0 Å². The Hall–Kier alpha value is -4.40. The molecule has 8 heteroatoms. The monoisotopic (exact) mass is 704 g/mol. The zero-order valence-electron chi connectivity index (χ0n) is 29.9. The maximum Gasteiger partial charge on any atom is 0.223 e. The number of hydrogen-bond acceptors (Lipinski definition) is 4. The van der Waals surface area contributed by atoms with E-state index in [4.69, 9.17) is 0 Å². The lowest BCUT2D eigenvalue weighted by atomic mass is 9.87. The summed E-state index contributed by atoms with van der Waals surface area (Å²) in [4.78, 5) is 30.3. The number of benzene rings is 4. The smallest absolute Gasteiger partial charge is 0.223 e. The first-order valence-electron chi connectivity index (χ1n) is 19.1. The second kappa shape index (κ2) is 17.0. The van der Waals surface area contributed by atoms with Gasteiger partial charge in [0.25, 0.3) is 0 Å². The van der Waals surface area contributed by atoms with Crippen molar-refractivity contribution in [2.45, 2.75) is 63.5 Å². The molecule has 4 aromatic carbocycles. The van der Waals surface area contributed by atoms with Gasteiger partial charge in [0.2, 0.25) is 11.8 Å². The van der Waals surface area contributed by atoms with Gasteiger partial charge in [0.1, 0.15) is 11.6 Å². The Kier molecular flexibility index (Phi) is 11.7. The van der Waals surface area contributed by atoms with Gasteiger partial charge >= 0.3 is 0 Å². The van der Waals surface area contributed by atoms with Crippen molar-refractivity contribution in [1.29, 1.82) is 0 Å². The molecule has 4 aliphatic heterocycles. The van der Waals surface area contributed by atoms with Gasteiger partial charge in [-0.3, -0.25) is 9.59 Å². The van der Waals surface area contributed by atoms with Crippen molar-refractivity contribution in [2.75, 3.05) is 39.3 Å². The van der Waals surface area contributed by atoms with Gasteiger partial charge in [-0.2, -0.15) is 0 Å². The van der Waals surface area contributed by atoms with Crippen LogP contribution < -0.4 is 10.6 Å². The van der Waals surface area contributed by atoms with E-state index in [9.17, 15) is 18.4 Å². The number of halogens is 2. The van der Waals surface area contributed by atoms with E-state index in [1.165, 1.54) is 46.5 Å². The first-order valence-corrected chi connectivity index (χ1v) is 19.1. The van der Waals surface area contributed by atoms with E-state index in [0.717, 1.165) is 88.9 Å². The fraction of sp³-hybridized carbons (Fsp3) is 0.409. The van der Waals surface area contributed by atoms with Crippen molar-refractivity contribution in [2.24, 2.45) is 11.8 Å². The molecule has 0 saturated carbocycles. The summed E-state index contributed by atoms with van der Waals surface area (Å²) in [5.41, 5.74) is 6.86. The van der Waals surface area contributed by atoms with Crippen LogP contribution in [-0.4, -0.2) is 60.9 Å². The van der Waals surface area contributed by atoms with E-state index in [1.54, 1.807) is 0 Å². The number of amides is 2. The minimum absolute atomic E-state index is 0.121. The highest BCUT2D eigenvalue weighted by molar-refractivity contribution is 5.79. The Labute approximate surface area is 306 Å². The lowest BCUT2D eigenvalue weighted by Gasteiger charge is -2.39. The van der Waals surface area contributed by atoms with Crippen LogP contribution in [0.4, 0.5) is 8.78 Å². The number of fused-ring (bicyclic) bond motifs is 2. The van der Waals surface area contributed by atoms with Crippen LogP contribution in [-0.2, 0) is 22.4 Å². The van der Waals surface area contributed by atoms with Gasteiger partial charge in [0.15, 0.2) is 0 Å². The van der Waals surface area contributed by atoms with Crippen LogP contribution in [0.25, 0.3) is 0 Å². The number of piperidine rings is 2. The Morgan fingerprint density at radius 1 is 0.577 bits per heavy atom. The molecule has 52 heavy (non-hydrogen) atoms. The topological polar surface area (TPSA) is 64.7 Å². The molecule has 2 amide bonds. The molecule has 4 aromatic rings. The zero-order valence-corrected chi connectivity index (χ0v) is 29.9. The van der Waals surface area contributed by atoms with E-state index in [0.29, 0.717) is 24.7 Å². The third kappa shape index (κ3) is 8.45. The first kappa shape index (κ1) is 36.0. The molecule has 4 heterocycles. The fourth-order valence-corrected chi connectivity index (χ4v) is 8.60. The molecule has 0 unspecified atom stereocenters. The van der Waals surface area contributed by atoms with Crippen LogP contribution in [0.1, 0.15) is 84.0 Å². The third-order valence-corrected chi connectivity index (χ3v) is 11.3. The Bertz CT molecular complexity index is 1670. The summed E-state index contributed by atoms with van der Waals surface area (Å²) in [6, 6.07) is 29.6. The number of nitrogens with one attached hydrogen (secondary N) is 2. The molecule has 0 radical (unpaired) electrons.